The minimum absolute atomic E-state index is 0.161. The summed E-state index contributed by atoms with van der Waals surface area (Å²) in [6.45, 7) is 2.01. The van der Waals surface area contributed by atoms with Gasteiger partial charge in [0.25, 0.3) is 0 Å². The zero-order valence-corrected chi connectivity index (χ0v) is 15.8. The van der Waals surface area contributed by atoms with Crippen molar-refractivity contribution in [1.82, 2.24) is 35.1 Å². The number of nitrogens with one attached hydrogen (secondary N) is 2. The molecule has 0 saturated heterocycles. The van der Waals surface area contributed by atoms with E-state index in [4.69, 9.17) is 5.73 Å². The van der Waals surface area contributed by atoms with Crippen molar-refractivity contribution in [2.75, 3.05) is 11.1 Å². The van der Waals surface area contributed by atoms with Crippen LogP contribution >= 0.6 is 11.8 Å². The molecule has 1 aromatic carbocycles. The van der Waals surface area contributed by atoms with Crippen molar-refractivity contribution < 1.29 is 0 Å². The molecule has 0 radical (unpaired) electrons. The summed E-state index contributed by atoms with van der Waals surface area (Å²) >= 11 is 1.41. The number of para-hydroxylation sites is 1. The summed E-state index contributed by atoms with van der Waals surface area (Å²) in [4.78, 5) is 21.3. The topological polar surface area (TPSA) is 131 Å². The molecule has 0 bridgehead atoms. The van der Waals surface area contributed by atoms with Crippen LogP contribution in [0.2, 0.25) is 0 Å². The minimum Gasteiger partial charge on any atom is -0.368 e. The van der Waals surface area contributed by atoms with E-state index in [9.17, 15) is 0 Å². The van der Waals surface area contributed by atoms with E-state index in [1.165, 1.54) is 11.8 Å². The molecule has 0 fully saturated rings. The van der Waals surface area contributed by atoms with Crippen LogP contribution in [0.3, 0.4) is 0 Å². The highest BCUT2D eigenvalue weighted by Gasteiger charge is 2.10. The molecule has 0 spiro atoms. The molecule has 4 rings (SSSR count). The Bertz CT molecular complexity index is 1080. The van der Waals surface area contributed by atoms with E-state index in [-0.39, 0.29) is 5.95 Å². The third-order valence-electron chi connectivity index (χ3n) is 3.84. The molecule has 0 aliphatic carbocycles. The van der Waals surface area contributed by atoms with Crippen molar-refractivity contribution in [1.29, 1.82) is 0 Å². The summed E-state index contributed by atoms with van der Waals surface area (Å²) in [6, 6.07) is 11.6. The summed E-state index contributed by atoms with van der Waals surface area (Å²) in [6.07, 6.45) is 3.42. The number of H-pyrrole nitrogens is 1. The molecule has 4 aromatic rings. The predicted molar refractivity (Wildman–Crippen MR) is 108 cm³/mol. The van der Waals surface area contributed by atoms with Gasteiger partial charge in [0, 0.05) is 23.6 Å². The fourth-order valence-corrected chi connectivity index (χ4v) is 3.12. The molecule has 0 unspecified atom stereocenters. The summed E-state index contributed by atoms with van der Waals surface area (Å²) in [5.74, 6) is 2.26. The van der Waals surface area contributed by atoms with Crippen LogP contribution in [0.1, 0.15) is 11.4 Å². The number of anilines is 3. The molecule has 0 aliphatic heterocycles. The van der Waals surface area contributed by atoms with E-state index >= 15 is 0 Å². The van der Waals surface area contributed by atoms with E-state index in [0.717, 1.165) is 16.8 Å². The Morgan fingerprint density at radius 1 is 1.04 bits per heavy atom. The van der Waals surface area contributed by atoms with Crippen LogP contribution in [0.25, 0.3) is 11.4 Å². The molecular formula is C18H17N9S. The van der Waals surface area contributed by atoms with Crippen molar-refractivity contribution in [2.45, 2.75) is 17.8 Å². The number of aryl methyl sites for hydroxylation is 1. The van der Waals surface area contributed by atoms with Gasteiger partial charge in [0.2, 0.25) is 17.1 Å². The van der Waals surface area contributed by atoms with Crippen LogP contribution in [-0.2, 0) is 5.75 Å². The van der Waals surface area contributed by atoms with Gasteiger partial charge in [0.05, 0.1) is 5.75 Å². The average molecular weight is 391 g/mol. The molecule has 9 nitrogen and oxygen atoms in total. The Hall–Kier alpha value is -3.53. The second-order valence-electron chi connectivity index (χ2n) is 5.86. The van der Waals surface area contributed by atoms with Gasteiger partial charge in [-0.15, -0.1) is 5.10 Å². The molecule has 3 aromatic heterocycles. The van der Waals surface area contributed by atoms with Gasteiger partial charge >= 0.3 is 0 Å². The Morgan fingerprint density at radius 3 is 2.68 bits per heavy atom. The highest BCUT2D eigenvalue weighted by atomic mass is 32.2. The number of nitrogens with zero attached hydrogens (tertiary/aromatic N) is 6. The van der Waals surface area contributed by atoms with Crippen molar-refractivity contribution in [3.05, 3.63) is 60.2 Å². The van der Waals surface area contributed by atoms with Gasteiger partial charge < -0.3 is 11.1 Å². The third-order valence-corrected chi connectivity index (χ3v) is 4.68. The van der Waals surface area contributed by atoms with Crippen LogP contribution < -0.4 is 11.1 Å². The normalized spacial score (nSPS) is 10.8. The quantitative estimate of drug-likeness (QED) is 0.424. The number of rotatable bonds is 6. The molecule has 4 N–H and O–H groups in total. The summed E-state index contributed by atoms with van der Waals surface area (Å²) in [7, 11) is 0. The second kappa shape index (κ2) is 8.01. The Balaban J connectivity index is 1.46. The number of aromatic nitrogens is 7. The fourth-order valence-electron chi connectivity index (χ4n) is 2.47. The average Bonchev–Trinajstić information content (AvgIpc) is 3.18. The van der Waals surface area contributed by atoms with Crippen LogP contribution in [0.15, 0.2) is 53.9 Å². The molecular weight excluding hydrogens is 374 g/mol. The van der Waals surface area contributed by atoms with Gasteiger partial charge in [0.15, 0.2) is 5.82 Å². The Kier molecular flexibility index (Phi) is 5.11. The SMILES string of the molecule is Cc1ccccc1Nc1nc(N)nc(CSc2n[nH]c(-c3ccncc3)n2)n1. The summed E-state index contributed by atoms with van der Waals surface area (Å²) in [5, 5.41) is 10.9. The number of benzene rings is 1. The Morgan fingerprint density at radius 2 is 1.86 bits per heavy atom. The van der Waals surface area contributed by atoms with Crippen LogP contribution in [-0.4, -0.2) is 35.1 Å². The van der Waals surface area contributed by atoms with Crippen molar-refractivity contribution in [3.63, 3.8) is 0 Å². The van der Waals surface area contributed by atoms with Gasteiger partial charge in [-0.25, -0.2) is 4.98 Å². The highest BCUT2D eigenvalue weighted by Crippen LogP contribution is 2.22. The van der Waals surface area contributed by atoms with E-state index in [1.54, 1.807) is 12.4 Å². The number of nitrogen functional groups attached to an aromatic ring is 1. The number of hydrogen-bond donors (Lipinski definition) is 3. The predicted octanol–water partition coefficient (Wildman–Crippen LogP) is 2.98. The van der Waals surface area contributed by atoms with Gasteiger partial charge in [-0.05, 0) is 30.7 Å². The van der Waals surface area contributed by atoms with Crippen LogP contribution in [0, 0.1) is 6.92 Å². The number of hydrogen-bond acceptors (Lipinski definition) is 9. The van der Waals surface area contributed by atoms with Crippen LogP contribution in [0.4, 0.5) is 17.6 Å². The van der Waals surface area contributed by atoms with E-state index in [0.29, 0.717) is 28.5 Å². The van der Waals surface area contributed by atoms with Crippen molar-refractivity contribution in [3.8, 4) is 11.4 Å². The first kappa shape index (κ1) is 17.9. The van der Waals surface area contributed by atoms with E-state index in [1.807, 2.05) is 43.3 Å². The highest BCUT2D eigenvalue weighted by molar-refractivity contribution is 7.98. The van der Waals surface area contributed by atoms with Gasteiger partial charge in [0.1, 0.15) is 5.82 Å². The zero-order chi connectivity index (χ0) is 19.3. The molecule has 28 heavy (non-hydrogen) atoms. The standard InChI is InChI=1S/C18H17N9S/c1-11-4-2-3-5-13(11)21-17-23-14(22-16(19)25-17)10-28-18-24-15(26-27-18)12-6-8-20-9-7-12/h2-9H,10H2,1H3,(H,24,26,27)(H3,19,21,22,23,25). The lowest BCUT2D eigenvalue weighted by Gasteiger charge is -2.09. The monoisotopic (exact) mass is 391 g/mol. The lowest BCUT2D eigenvalue weighted by Crippen LogP contribution is -2.07. The largest absolute Gasteiger partial charge is 0.368 e. The molecule has 3 heterocycles. The number of aromatic amines is 1. The van der Waals surface area contributed by atoms with Crippen molar-refractivity contribution >= 4 is 29.3 Å². The fraction of sp³-hybridized carbons (Fsp3) is 0.111. The minimum atomic E-state index is 0.161. The molecule has 0 atom stereocenters. The molecule has 10 heteroatoms. The molecule has 0 saturated carbocycles. The van der Waals surface area contributed by atoms with Gasteiger partial charge in [-0.2, -0.15) is 15.0 Å². The first-order valence-corrected chi connectivity index (χ1v) is 9.44. The second-order valence-corrected chi connectivity index (χ2v) is 6.81. The summed E-state index contributed by atoms with van der Waals surface area (Å²) < 4.78 is 0. The summed E-state index contributed by atoms with van der Waals surface area (Å²) in [5.41, 5.74) is 8.77. The number of thioether (sulfide) groups is 1. The van der Waals surface area contributed by atoms with Crippen molar-refractivity contribution in [2.24, 2.45) is 0 Å². The molecule has 0 amide bonds. The maximum atomic E-state index is 5.85. The number of pyridine rings is 1. The lowest BCUT2D eigenvalue weighted by atomic mass is 10.2. The maximum Gasteiger partial charge on any atom is 0.232 e. The van der Waals surface area contributed by atoms with E-state index < -0.39 is 0 Å². The first-order valence-electron chi connectivity index (χ1n) is 8.46. The smallest absolute Gasteiger partial charge is 0.232 e. The Labute approximate surface area is 165 Å². The van der Waals surface area contributed by atoms with Crippen LogP contribution in [0.5, 0.6) is 0 Å². The zero-order valence-electron chi connectivity index (χ0n) is 15.0. The van der Waals surface area contributed by atoms with Gasteiger partial charge in [-0.3, -0.25) is 10.1 Å². The lowest BCUT2D eigenvalue weighted by molar-refractivity contribution is 0.955. The van der Waals surface area contributed by atoms with E-state index in [2.05, 4.69) is 40.4 Å². The molecule has 0 aliphatic rings. The first-order chi connectivity index (χ1) is 13.7. The molecule has 140 valence electrons. The van der Waals surface area contributed by atoms with Gasteiger partial charge in [-0.1, -0.05) is 30.0 Å². The maximum absolute atomic E-state index is 5.85. The third kappa shape index (κ3) is 4.23. The number of nitrogens with two attached hydrogens (primary N) is 1.